The van der Waals surface area contributed by atoms with Crippen molar-refractivity contribution in [1.29, 1.82) is 0 Å². The lowest BCUT2D eigenvalue weighted by atomic mass is 10.1. The Bertz CT molecular complexity index is 722. The van der Waals surface area contributed by atoms with Crippen molar-refractivity contribution in [2.24, 2.45) is 0 Å². The molecule has 0 saturated heterocycles. The maximum atomic E-state index is 13.5. The fourth-order valence-electron chi connectivity index (χ4n) is 2.79. The summed E-state index contributed by atoms with van der Waals surface area (Å²) in [6, 6.07) is 6.43. The van der Waals surface area contributed by atoms with Gasteiger partial charge in [-0.1, -0.05) is 13.8 Å². The highest BCUT2D eigenvalue weighted by Crippen LogP contribution is 2.42. The van der Waals surface area contributed by atoms with E-state index in [9.17, 15) is 9.18 Å². The third-order valence-corrected chi connectivity index (χ3v) is 5.45. The van der Waals surface area contributed by atoms with E-state index in [1.54, 1.807) is 6.07 Å². The first-order valence-corrected chi connectivity index (χ1v) is 8.75. The zero-order valence-electron chi connectivity index (χ0n) is 13.4. The molecule has 1 aliphatic rings. The molecule has 122 valence electrons. The first kappa shape index (κ1) is 16.1. The minimum absolute atomic E-state index is 0.147. The Hall–Kier alpha value is -1.72. The number of Topliss-reactive ketones (excluding diaryl/α,β-unsaturated/α-hetero) is 1. The molecule has 3 nitrogen and oxygen atoms in total. The van der Waals surface area contributed by atoms with Crippen molar-refractivity contribution in [3.05, 3.63) is 40.5 Å². The predicted octanol–water partition coefficient (Wildman–Crippen LogP) is 4.36. The fourth-order valence-corrected chi connectivity index (χ4v) is 3.94. The van der Waals surface area contributed by atoms with Crippen LogP contribution in [0, 0.1) is 5.82 Å². The van der Waals surface area contributed by atoms with Crippen LogP contribution in [0.25, 0.3) is 10.4 Å². The number of thiophene rings is 1. The third kappa shape index (κ3) is 3.31. The van der Waals surface area contributed by atoms with Gasteiger partial charge in [0.15, 0.2) is 5.78 Å². The van der Waals surface area contributed by atoms with Crippen LogP contribution in [-0.4, -0.2) is 30.3 Å². The van der Waals surface area contributed by atoms with Gasteiger partial charge in [-0.15, -0.1) is 11.3 Å². The standard InChI is InChI=1S/C18H20FNO2S/c1-3-20(4-2)8-7-15(21)17-9-12-11-22-16-6-5-13(19)10-14(16)18(12)23-17/h5-6,9-10H,3-4,7-8,11H2,1-2H3. The second-order valence-corrected chi connectivity index (χ2v) is 6.65. The molecule has 0 radical (unpaired) electrons. The van der Waals surface area contributed by atoms with Crippen LogP contribution in [0.2, 0.25) is 0 Å². The zero-order valence-corrected chi connectivity index (χ0v) is 14.2. The summed E-state index contributed by atoms with van der Waals surface area (Å²) in [6.45, 7) is 7.31. The van der Waals surface area contributed by atoms with Crippen molar-refractivity contribution in [2.45, 2.75) is 26.9 Å². The minimum Gasteiger partial charge on any atom is -0.488 e. The van der Waals surface area contributed by atoms with E-state index in [1.165, 1.54) is 23.5 Å². The maximum Gasteiger partial charge on any atom is 0.174 e. The highest BCUT2D eigenvalue weighted by Gasteiger charge is 2.23. The van der Waals surface area contributed by atoms with E-state index in [0.29, 0.717) is 18.8 Å². The van der Waals surface area contributed by atoms with E-state index >= 15 is 0 Å². The average molecular weight is 333 g/mol. The summed E-state index contributed by atoms with van der Waals surface area (Å²) in [6.07, 6.45) is 0.512. The van der Waals surface area contributed by atoms with E-state index in [0.717, 1.165) is 40.5 Å². The molecule has 2 aromatic rings. The Balaban J connectivity index is 1.81. The Morgan fingerprint density at radius 1 is 1.30 bits per heavy atom. The summed E-state index contributed by atoms with van der Waals surface area (Å²) < 4.78 is 19.2. The number of benzene rings is 1. The highest BCUT2D eigenvalue weighted by molar-refractivity contribution is 7.17. The number of ether oxygens (including phenoxy) is 1. The zero-order chi connectivity index (χ0) is 16.4. The molecule has 1 aromatic carbocycles. The van der Waals surface area contributed by atoms with Crippen LogP contribution < -0.4 is 4.74 Å². The lowest BCUT2D eigenvalue weighted by Gasteiger charge is -2.17. The summed E-state index contributed by atoms with van der Waals surface area (Å²) in [5.41, 5.74) is 1.72. The summed E-state index contributed by atoms with van der Waals surface area (Å²) >= 11 is 1.45. The first-order valence-electron chi connectivity index (χ1n) is 7.93. The first-order chi connectivity index (χ1) is 11.1. The van der Waals surface area contributed by atoms with Crippen LogP contribution >= 0.6 is 11.3 Å². The molecule has 0 spiro atoms. The monoisotopic (exact) mass is 333 g/mol. The number of rotatable bonds is 6. The quantitative estimate of drug-likeness (QED) is 0.736. The Morgan fingerprint density at radius 3 is 2.83 bits per heavy atom. The largest absolute Gasteiger partial charge is 0.488 e. The van der Waals surface area contributed by atoms with E-state index in [2.05, 4.69) is 18.7 Å². The Kier molecular flexibility index (Phi) is 4.78. The number of hydrogen-bond donors (Lipinski definition) is 0. The van der Waals surface area contributed by atoms with Crippen molar-refractivity contribution in [3.8, 4) is 16.2 Å². The smallest absolute Gasteiger partial charge is 0.174 e. The van der Waals surface area contributed by atoms with Crippen molar-refractivity contribution in [1.82, 2.24) is 4.90 Å². The van der Waals surface area contributed by atoms with Crippen LogP contribution in [0.15, 0.2) is 24.3 Å². The van der Waals surface area contributed by atoms with Gasteiger partial charge in [0.05, 0.1) is 4.88 Å². The molecule has 1 aromatic heterocycles. The Morgan fingerprint density at radius 2 is 2.09 bits per heavy atom. The van der Waals surface area contributed by atoms with Gasteiger partial charge in [0.1, 0.15) is 18.2 Å². The topological polar surface area (TPSA) is 29.5 Å². The van der Waals surface area contributed by atoms with E-state index in [4.69, 9.17) is 4.74 Å². The van der Waals surface area contributed by atoms with Crippen LogP contribution in [0.1, 0.15) is 35.5 Å². The van der Waals surface area contributed by atoms with E-state index < -0.39 is 0 Å². The van der Waals surface area contributed by atoms with Gasteiger partial charge in [-0.25, -0.2) is 4.39 Å². The predicted molar refractivity (Wildman–Crippen MR) is 90.8 cm³/mol. The van der Waals surface area contributed by atoms with E-state index in [-0.39, 0.29) is 11.6 Å². The lowest BCUT2D eigenvalue weighted by molar-refractivity contribution is 0.0970. The lowest BCUT2D eigenvalue weighted by Crippen LogP contribution is -2.25. The molecule has 0 bridgehead atoms. The molecule has 23 heavy (non-hydrogen) atoms. The number of nitrogens with zero attached hydrogens (tertiary/aromatic N) is 1. The average Bonchev–Trinajstić information content (AvgIpc) is 3.00. The van der Waals surface area contributed by atoms with Crippen LogP contribution in [-0.2, 0) is 6.61 Å². The second kappa shape index (κ2) is 6.81. The molecular weight excluding hydrogens is 313 g/mol. The molecule has 1 aliphatic heterocycles. The van der Waals surface area contributed by atoms with E-state index in [1.807, 2.05) is 6.07 Å². The van der Waals surface area contributed by atoms with Crippen molar-refractivity contribution in [3.63, 3.8) is 0 Å². The SMILES string of the molecule is CCN(CC)CCC(=O)c1cc2c(s1)-c1cc(F)ccc1OC2. The van der Waals surface area contributed by atoms with Crippen LogP contribution in [0.5, 0.6) is 5.75 Å². The molecule has 0 atom stereocenters. The summed E-state index contributed by atoms with van der Waals surface area (Å²) in [4.78, 5) is 16.4. The molecule has 0 amide bonds. The van der Waals surface area contributed by atoms with Crippen molar-refractivity contribution < 1.29 is 13.9 Å². The molecule has 0 unspecified atom stereocenters. The molecule has 0 N–H and O–H groups in total. The molecule has 3 rings (SSSR count). The third-order valence-electron chi connectivity index (χ3n) is 4.20. The van der Waals surface area contributed by atoms with Gasteiger partial charge in [-0.05, 0) is 37.4 Å². The molecule has 2 heterocycles. The van der Waals surface area contributed by atoms with Gasteiger partial charge in [0, 0.05) is 29.0 Å². The van der Waals surface area contributed by atoms with Crippen LogP contribution in [0.3, 0.4) is 0 Å². The second-order valence-electron chi connectivity index (χ2n) is 5.59. The molecule has 0 saturated carbocycles. The van der Waals surface area contributed by atoms with Gasteiger partial charge < -0.3 is 9.64 Å². The van der Waals surface area contributed by atoms with Crippen molar-refractivity contribution >= 4 is 17.1 Å². The number of carbonyl (C=O) groups is 1. The highest BCUT2D eigenvalue weighted by atomic mass is 32.1. The van der Waals surface area contributed by atoms with Gasteiger partial charge in [-0.3, -0.25) is 4.79 Å². The fraction of sp³-hybridized carbons (Fsp3) is 0.389. The van der Waals surface area contributed by atoms with Gasteiger partial charge in [-0.2, -0.15) is 0 Å². The molecule has 0 aliphatic carbocycles. The normalized spacial score (nSPS) is 12.7. The number of hydrogen-bond acceptors (Lipinski definition) is 4. The number of halogens is 1. The number of ketones is 1. The number of fused-ring (bicyclic) bond motifs is 3. The summed E-state index contributed by atoms with van der Waals surface area (Å²) in [5, 5.41) is 0. The summed E-state index contributed by atoms with van der Waals surface area (Å²) in [7, 11) is 0. The molecule has 0 fully saturated rings. The number of carbonyl (C=O) groups excluding carboxylic acids is 1. The van der Waals surface area contributed by atoms with Crippen molar-refractivity contribution in [2.75, 3.05) is 19.6 Å². The molecule has 5 heteroatoms. The van der Waals surface area contributed by atoms with Crippen LogP contribution in [0.4, 0.5) is 4.39 Å². The van der Waals surface area contributed by atoms with Gasteiger partial charge in [0.25, 0.3) is 0 Å². The maximum absolute atomic E-state index is 13.5. The van der Waals surface area contributed by atoms with Gasteiger partial charge >= 0.3 is 0 Å². The summed E-state index contributed by atoms with van der Waals surface area (Å²) in [5.74, 6) is 0.542. The molecular formula is C18H20FNO2S. The minimum atomic E-state index is -0.289. The Labute approximate surface area is 139 Å². The van der Waals surface area contributed by atoms with Gasteiger partial charge in [0.2, 0.25) is 0 Å².